The van der Waals surface area contributed by atoms with Crippen molar-refractivity contribution in [2.75, 3.05) is 19.8 Å². The Morgan fingerprint density at radius 1 is 0.405 bits per heavy atom. The first-order valence-corrected chi connectivity index (χ1v) is 49.0. The van der Waals surface area contributed by atoms with E-state index < -0.39 is 68.5 Å². The fraction of sp³-hybridized carbons (Fsp3) is 0.630. The van der Waals surface area contributed by atoms with Crippen LogP contribution in [-0.4, -0.2) is 169 Å². The van der Waals surface area contributed by atoms with E-state index in [-0.39, 0.29) is 159 Å². The zero-order valence-electron chi connectivity index (χ0n) is 77.5. The van der Waals surface area contributed by atoms with E-state index in [1.54, 1.807) is 48.9 Å². The fourth-order valence-corrected chi connectivity index (χ4v) is 32.3. The van der Waals surface area contributed by atoms with Crippen molar-refractivity contribution in [2.24, 2.45) is 114 Å². The summed E-state index contributed by atoms with van der Waals surface area (Å²) < 4.78 is 17.1. The van der Waals surface area contributed by atoms with E-state index in [4.69, 9.17) is 14.2 Å². The van der Waals surface area contributed by atoms with Crippen LogP contribution in [0.4, 0.5) is 0 Å². The number of nitrogens with zero attached hydrogens (tertiary/aromatic N) is 2. The van der Waals surface area contributed by atoms with Crippen LogP contribution in [-0.2, 0) is 44.9 Å². The van der Waals surface area contributed by atoms with Crippen molar-refractivity contribution in [1.82, 2.24) is 20.3 Å². The van der Waals surface area contributed by atoms with E-state index in [0.717, 1.165) is 119 Å². The molecule has 10 N–H and O–H groups in total. The molecule has 23 nitrogen and oxygen atoms in total. The molecule has 2 aromatic carbocycles. The van der Waals surface area contributed by atoms with Crippen molar-refractivity contribution in [2.45, 2.75) is 289 Å². The Bertz CT molecular complexity index is 5050. The zero-order chi connectivity index (χ0) is 92.8. The highest BCUT2D eigenvalue weighted by molar-refractivity contribution is 5.95. The van der Waals surface area contributed by atoms with Gasteiger partial charge < -0.3 is 65.4 Å². The molecule has 12 fully saturated rings. The minimum Gasteiger partial charge on any atom is -0.485 e. The van der Waals surface area contributed by atoms with Gasteiger partial charge in [0, 0.05) is 89.4 Å². The van der Waals surface area contributed by atoms with Gasteiger partial charge >= 0.3 is 0 Å². The van der Waals surface area contributed by atoms with Gasteiger partial charge in [0.05, 0.1) is 30.6 Å². The van der Waals surface area contributed by atoms with Crippen LogP contribution in [0, 0.1) is 114 Å². The van der Waals surface area contributed by atoms with Gasteiger partial charge in [-0.3, -0.25) is 43.3 Å². The molecule has 3 heterocycles. The van der Waals surface area contributed by atoms with Crippen molar-refractivity contribution in [3.05, 3.63) is 162 Å². The van der Waals surface area contributed by atoms with Gasteiger partial charge in [0.1, 0.15) is 47.1 Å². The molecule has 5 aromatic rings. The first-order valence-electron chi connectivity index (χ1n) is 49.0. The van der Waals surface area contributed by atoms with Crippen molar-refractivity contribution in [3.8, 4) is 17.4 Å². The zero-order valence-corrected chi connectivity index (χ0v) is 77.5. The lowest BCUT2D eigenvalue weighted by molar-refractivity contribution is -0.182. The van der Waals surface area contributed by atoms with Crippen LogP contribution in [0.3, 0.4) is 0 Å². The number of aromatic nitrogens is 3. The number of amides is 1. The number of ketones is 7. The number of allylic oxidation sites excluding steroid dienone is 4. The van der Waals surface area contributed by atoms with Gasteiger partial charge in [-0.1, -0.05) is 120 Å². The highest BCUT2D eigenvalue weighted by Gasteiger charge is 2.74. The number of carbonyl (C=O) groups is 8. The first kappa shape index (κ1) is 92.9. The molecule has 131 heavy (non-hydrogen) atoms. The minimum atomic E-state index is -1.52. The highest BCUT2D eigenvalue weighted by atomic mass is 16.5. The SMILES string of the molecule is CC12CCC(=O)C=C1CCC1C2[C@@H](O)CC2(C)C1CC[C@]2(O)C(=O)COc1cccc2[nH]ccc12.CC12CCC(=O)C=C1CCC1C2[C@@H](O)CC2(C)C1CC[C@]2(O)C(=O)COc1ccccn1.CC12CCC(=O)C=C1CCC1C2[C@@H](O)CC2(C)C1CC[C@]2(O)C(=O)COc1cccnc1.CC12CCC(=O)C=C1CCC1C2[C@@H](O)CC2(C)C1CC[C@]2(O)C(=O)NCc1ccccc1. The van der Waals surface area contributed by atoms with Crippen molar-refractivity contribution in [1.29, 1.82) is 0 Å². The number of H-pyrrole nitrogens is 1. The van der Waals surface area contributed by atoms with E-state index in [2.05, 4.69) is 48.0 Å². The molecule has 0 bridgehead atoms. The summed E-state index contributed by atoms with van der Waals surface area (Å²) in [5, 5.41) is 96.8. The molecule has 3 aromatic heterocycles. The van der Waals surface area contributed by atoms with Crippen LogP contribution in [0.25, 0.3) is 10.9 Å². The summed E-state index contributed by atoms with van der Waals surface area (Å²) in [4.78, 5) is 113. The monoisotopic (exact) mass is 1790 g/mol. The van der Waals surface area contributed by atoms with Crippen LogP contribution in [0.2, 0.25) is 0 Å². The predicted molar refractivity (Wildman–Crippen MR) is 489 cm³/mol. The maximum absolute atomic E-state index is 13.6. The van der Waals surface area contributed by atoms with Crippen molar-refractivity contribution >= 4 is 57.3 Å². The number of rotatable bonds is 15. The van der Waals surface area contributed by atoms with E-state index in [1.165, 1.54) is 22.3 Å². The van der Waals surface area contributed by atoms with E-state index in [9.17, 15) is 79.2 Å². The third-order valence-corrected chi connectivity index (χ3v) is 39.2. The second-order valence-electron chi connectivity index (χ2n) is 44.8. The Labute approximate surface area is 768 Å². The average Bonchev–Trinajstić information content (AvgIpc) is 1.64. The average molecular weight is 1790 g/mol. The number of nitrogens with one attached hydrogen (secondary N) is 2. The Morgan fingerprint density at radius 3 is 1.18 bits per heavy atom. The van der Waals surface area contributed by atoms with Crippen LogP contribution in [0.5, 0.6) is 17.4 Å². The molecule has 702 valence electrons. The molecular weight excluding hydrogens is 1660 g/mol. The molecule has 16 aliphatic carbocycles. The molecule has 0 saturated heterocycles. The summed E-state index contributed by atoms with van der Waals surface area (Å²) in [7, 11) is 0. The summed E-state index contributed by atoms with van der Waals surface area (Å²) in [6, 6.07) is 26.0. The Morgan fingerprint density at radius 2 is 0.786 bits per heavy atom. The lowest BCUT2D eigenvalue weighted by Crippen LogP contribution is -2.63. The summed E-state index contributed by atoms with van der Waals surface area (Å²) in [6.45, 7) is 16.6. The summed E-state index contributed by atoms with van der Waals surface area (Å²) in [5.41, 5.74) is -2.75. The second kappa shape index (κ2) is 34.4. The molecule has 0 radical (unpaired) electrons. The molecule has 0 spiro atoms. The Hall–Kier alpha value is -8.52. The highest BCUT2D eigenvalue weighted by Crippen LogP contribution is 2.73. The number of carbonyl (C=O) groups excluding carboxylic acids is 8. The quantitative estimate of drug-likeness (QED) is 0.0465. The lowest BCUT2D eigenvalue weighted by Gasteiger charge is -2.60. The first-order chi connectivity index (χ1) is 62.2. The van der Waals surface area contributed by atoms with Gasteiger partial charge in [-0.2, -0.15) is 0 Å². The molecule has 20 unspecified atom stereocenters. The van der Waals surface area contributed by atoms with Crippen LogP contribution in [0.1, 0.15) is 241 Å². The third-order valence-electron chi connectivity index (χ3n) is 39.2. The number of aliphatic hydroxyl groups excluding tert-OH is 4. The van der Waals surface area contributed by atoms with E-state index in [0.29, 0.717) is 101 Å². The minimum absolute atomic E-state index is 0.0635. The number of aromatic amines is 1. The lowest BCUT2D eigenvalue weighted by atomic mass is 9.45. The fourth-order valence-electron chi connectivity index (χ4n) is 32.3. The molecule has 1 amide bonds. The van der Waals surface area contributed by atoms with E-state index in [1.807, 2.05) is 113 Å². The van der Waals surface area contributed by atoms with E-state index >= 15 is 0 Å². The van der Waals surface area contributed by atoms with Crippen LogP contribution < -0.4 is 19.5 Å². The van der Waals surface area contributed by atoms with Gasteiger partial charge in [0.15, 0.2) is 29.7 Å². The summed E-state index contributed by atoms with van der Waals surface area (Å²) in [5.74, 6) is 2.94. The maximum Gasteiger partial charge on any atom is 0.252 e. The topological polar surface area (TPSA) is 380 Å². The van der Waals surface area contributed by atoms with Gasteiger partial charge in [-0.05, 0) is 313 Å². The number of ether oxygens (including phenoxy) is 3. The third kappa shape index (κ3) is 15.0. The normalized spacial score (nSPS) is 42.4. The number of hydrogen-bond acceptors (Lipinski definition) is 21. The predicted octanol–water partition coefficient (Wildman–Crippen LogP) is 14.4. The molecule has 0 aliphatic heterocycles. The van der Waals surface area contributed by atoms with Crippen molar-refractivity contribution < 1.29 is 93.4 Å². The number of Topliss-reactive ketones (excluding diaryl/α,β-unsaturated/α-hetero) is 3. The Kier molecular flexibility index (Phi) is 24.4. The largest absolute Gasteiger partial charge is 0.485 e. The second-order valence-corrected chi connectivity index (χ2v) is 44.8. The van der Waals surface area contributed by atoms with Gasteiger partial charge in [0.2, 0.25) is 23.2 Å². The smallest absolute Gasteiger partial charge is 0.252 e. The van der Waals surface area contributed by atoms with Crippen LogP contribution in [0.15, 0.2) is 156 Å². The molecule has 28 atom stereocenters. The molecule has 21 rings (SSSR count). The molecule has 23 heteroatoms. The Balaban J connectivity index is 0.000000117. The van der Waals surface area contributed by atoms with Gasteiger partial charge in [0.25, 0.3) is 5.91 Å². The summed E-state index contributed by atoms with van der Waals surface area (Å²) in [6.07, 6.45) is 30.2. The molecule has 12 saturated carbocycles. The van der Waals surface area contributed by atoms with Gasteiger partial charge in [-0.25, -0.2) is 4.98 Å². The molecule has 16 aliphatic rings. The number of aliphatic hydroxyl groups is 8. The number of hydrogen-bond donors (Lipinski definition) is 10. The molecular formula is C108H136N4O19. The summed E-state index contributed by atoms with van der Waals surface area (Å²) >= 11 is 0. The van der Waals surface area contributed by atoms with Crippen molar-refractivity contribution in [3.63, 3.8) is 0 Å². The standard InChI is InChI=1S/C29H35NO5.C27H35NO4.2C26H33NO5/c1-27-11-8-18(31)14-17(27)6-7-19-21-9-12-29(34,28(21,2)15-23(32)26(19)27)25(33)16-35-24-5-3-4-22-20(24)10-13-30-22;1-25-12-10-19(29)14-18(25)8-9-20-21-11-13-27(32,26(21,2)15-22(30)23(20)25)24(31)28-16-17-6-4-3-5-7-17;1-24-9-7-17(28)12-16(24)5-6-19-20-8-10-26(31,25(20,2)13-21(29)23(19)24)22(30)15-32-18-4-3-11-27-14-18;1-24-10-8-17(28)13-16(24)6-7-18-19-9-11-26(31,25(19,2)14-20(29)23(18)24)21(30)15-32-22-5-3-4-12-27-22/h3-5,10,13-14,19,21,23,26,30,32,34H,6-9,11-12,15-16H2,1-2H3;3-7,14,20-23,30,32H,8-13,15-16H2,1-2H3,(H,28,31);3-4,11-12,14,19-21,23,29,31H,5-10,13,15H2,1-2H3;3-5,12-13,18-20,23,29,31H,6-11,14-15H2,1-2H3/t19?,21?,23-,26?,27?,28?,29-;20?,21?,22-,23?,25?,26?,27-;19?,20?,21-,23?,24?,25?,26-;18?,19?,20-,23?,24?,25?,26-/m0000/s1. The van der Waals surface area contributed by atoms with Gasteiger partial charge in [-0.15, -0.1) is 0 Å². The number of benzene rings is 2. The van der Waals surface area contributed by atoms with Crippen LogP contribution >= 0.6 is 0 Å². The number of pyridine rings is 2. The maximum atomic E-state index is 13.6. The number of fused-ring (bicyclic) bond motifs is 21.